The van der Waals surface area contributed by atoms with Crippen molar-refractivity contribution >= 4 is 5.91 Å². The van der Waals surface area contributed by atoms with Crippen molar-refractivity contribution in [3.8, 4) is 0 Å². The van der Waals surface area contributed by atoms with Gasteiger partial charge in [0.15, 0.2) is 0 Å². The third kappa shape index (κ3) is 6.27. The van der Waals surface area contributed by atoms with Gasteiger partial charge in [0.25, 0.3) is 0 Å². The van der Waals surface area contributed by atoms with Gasteiger partial charge in [-0.2, -0.15) is 0 Å². The molecule has 1 fully saturated rings. The van der Waals surface area contributed by atoms with Gasteiger partial charge in [0, 0.05) is 25.6 Å². The number of carbonyl (C=O) groups is 1. The highest BCUT2D eigenvalue weighted by Crippen LogP contribution is 2.32. The van der Waals surface area contributed by atoms with Crippen LogP contribution < -0.4 is 11.1 Å². The number of nitrogens with two attached hydrogens (primary N) is 1. The van der Waals surface area contributed by atoms with Crippen LogP contribution in [0.15, 0.2) is 30.3 Å². The number of hydrogen-bond donors (Lipinski definition) is 2. The van der Waals surface area contributed by atoms with E-state index in [2.05, 4.69) is 17.4 Å². The standard InChI is InChI=1S/C17H26N2O2/c18-13-16(15-8-9-15)19-17(20)7-4-11-21-12-10-14-5-2-1-3-6-14/h1-3,5-6,15-16H,4,7-13,18H2,(H,19,20). The molecule has 0 spiro atoms. The Morgan fingerprint density at radius 1 is 1.29 bits per heavy atom. The SMILES string of the molecule is NCC(NC(=O)CCCOCCc1ccccc1)C1CC1. The van der Waals surface area contributed by atoms with Crippen LogP contribution in [0, 0.1) is 5.92 Å². The minimum absolute atomic E-state index is 0.101. The maximum Gasteiger partial charge on any atom is 0.220 e. The number of ether oxygens (including phenoxy) is 1. The van der Waals surface area contributed by atoms with Crippen LogP contribution in [-0.2, 0) is 16.0 Å². The summed E-state index contributed by atoms with van der Waals surface area (Å²) in [4.78, 5) is 11.8. The van der Waals surface area contributed by atoms with Crippen LogP contribution >= 0.6 is 0 Å². The molecule has 1 aliphatic carbocycles. The minimum atomic E-state index is 0.101. The molecular weight excluding hydrogens is 264 g/mol. The first-order valence-electron chi connectivity index (χ1n) is 7.90. The van der Waals surface area contributed by atoms with Gasteiger partial charge >= 0.3 is 0 Å². The lowest BCUT2D eigenvalue weighted by molar-refractivity contribution is -0.122. The molecule has 1 saturated carbocycles. The summed E-state index contributed by atoms with van der Waals surface area (Å²) in [6.45, 7) is 1.89. The Balaban J connectivity index is 1.48. The highest BCUT2D eigenvalue weighted by molar-refractivity contribution is 5.76. The van der Waals surface area contributed by atoms with E-state index >= 15 is 0 Å². The van der Waals surface area contributed by atoms with Gasteiger partial charge in [-0.1, -0.05) is 30.3 Å². The Labute approximate surface area is 127 Å². The monoisotopic (exact) mass is 290 g/mol. The fourth-order valence-corrected chi connectivity index (χ4v) is 2.42. The molecule has 0 aromatic heterocycles. The minimum Gasteiger partial charge on any atom is -0.381 e. The Hall–Kier alpha value is -1.39. The quantitative estimate of drug-likeness (QED) is 0.647. The second-order valence-corrected chi connectivity index (χ2v) is 5.70. The molecule has 1 aromatic rings. The predicted octanol–water partition coefficient (Wildman–Crippen LogP) is 1.88. The average Bonchev–Trinajstić information content (AvgIpc) is 3.34. The van der Waals surface area contributed by atoms with E-state index < -0.39 is 0 Å². The van der Waals surface area contributed by atoms with E-state index in [1.165, 1.54) is 18.4 Å². The fourth-order valence-electron chi connectivity index (χ4n) is 2.42. The van der Waals surface area contributed by atoms with E-state index in [1.54, 1.807) is 0 Å². The first kappa shape index (κ1) is 16.0. The summed E-state index contributed by atoms with van der Waals surface area (Å²) >= 11 is 0. The zero-order valence-corrected chi connectivity index (χ0v) is 12.6. The second kappa shape index (κ2) is 8.80. The molecule has 1 aromatic carbocycles. The normalized spacial score (nSPS) is 15.7. The molecule has 1 amide bonds. The number of amides is 1. The molecule has 2 rings (SSSR count). The summed E-state index contributed by atoms with van der Waals surface area (Å²) in [5.74, 6) is 0.713. The third-order valence-electron chi connectivity index (χ3n) is 3.86. The van der Waals surface area contributed by atoms with Crippen LogP contribution in [0.2, 0.25) is 0 Å². The molecule has 116 valence electrons. The number of hydrogen-bond acceptors (Lipinski definition) is 3. The van der Waals surface area contributed by atoms with Crippen LogP contribution in [0.4, 0.5) is 0 Å². The zero-order chi connectivity index (χ0) is 14.9. The van der Waals surface area contributed by atoms with Crippen LogP contribution in [-0.4, -0.2) is 31.7 Å². The number of nitrogens with one attached hydrogen (secondary N) is 1. The Kier molecular flexibility index (Phi) is 6.70. The molecule has 0 radical (unpaired) electrons. The molecule has 3 N–H and O–H groups in total. The molecule has 1 atom stereocenters. The fraction of sp³-hybridized carbons (Fsp3) is 0.588. The van der Waals surface area contributed by atoms with E-state index in [-0.39, 0.29) is 11.9 Å². The summed E-state index contributed by atoms with van der Waals surface area (Å²) in [6, 6.07) is 10.5. The van der Waals surface area contributed by atoms with Gasteiger partial charge < -0.3 is 15.8 Å². The van der Waals surface area contributed by atoms with Gasteiger partial charge in [-0.05, 0) is 37.2 Å². The maximum absolute atomic E-state index is 11.8. The first-order chi connectivity index (χ1) is 10.3. The Morgan fingerprint density at radius 3 is 2.71 bits per heavy atom. The van der Waals surface area contributed by atoms with E-state index in [0.29, 0.717) is 32.1 Å². The van der Waals surface area contributed by atoms with Crippen LogP contribution in [0.3, 0.4) is 0 Å². The summed E-state index contributed by atoms with van der Waals surface area (Å²) in [6.07, 6.45) is 4.61. The molecule has 0 saturated heterocycles. The second-order valence-electron chi connectivity index (χ2n) is 5.70. The number of benzene rings is 1. The van der Waals surface area contributed by atoms with Gasteiger partial charge in [-0.3, -0.25) is 4.79 Å². The zero-order valence-electron chi connectivity index (χ0n) is 12.6. The van der Waals surface area contributed by atoms with Crippen LogP contribution in [0.5, 0.6) is 0 Å². The molecule has 21 heavy (non-hydrogen) atoms. The van der Waals surface area contributed by atoms with E-state index in [4.69, 9.17) is 10.5 Å². The topological polar surface area (TPSA) is 64.3 Å². The van der Waals surface area contributed by atoms with Crippen molar-refractivity contribution in [2.24, 2.45) is 11.7 Å². The average molecular weight is 290 g/mol. The lowest BCUT2D eigenvalue weighted by atomic mass is 10.1. The van der Waals surface area contributed by atoms with Gasteiger partial charge in [0.1, 0.15) is 0 Å². The molecule has 4 nitrogen and oxygen atoms in total. The van der Waals surface area contributed by atoms with Crippen LogP contribution in [0.25, 0.3) is 0 Å². The van der Waals surface area contributed by atoms with E-state index in [9.17, 15) is 4.79 Å². The third-order valence-corrected chi connectivity index (χ3v) is 3.86. The summed E-state index contributed by atoms with van der Waals surface area (Å²) in [5, 5.41) is 3.03. The summed E-state index contributed by atoms with van der Waals surface area (Å²) < 4.78 is 5.57. The molecule has 4 heteroatoms. The van der Waals surface area contributed by atoms with Gasteiger partial charge in [-0.25, -0.2) is 0 Å². The van der Waals surface area contributed by atoms with E-state index in [0.717, 1.165) is 12.8 Å². The smallest absolute Gasteiger partial charge is 0.220 e. The molecule has 1 aliphatic rings. The summed E-state index contributed by atoms with van der Waals surface area (Å²) in [7, 11) is 0. The maximum atomic E-state index is 11.8. The van der Waals surface area contributed by atoms with Crippen LogP contribution in [0.1, 0.15) is 31.2 Å². The number of rotatable bonds is 10. The molecule has 0 aliphatic heterocycles. The van der Waals surface area contributed by atoms with Crippen molar-refractivity contribution < 1.29 is 9.53 Å². The van der Waals surface area contributed by atoms with Crippen molar-refractivity contribution in [3.05, 3.63) is 35.9 Å². The summed E-state index contributed by atoms with van der Waals surface area (Å²) in [5.41, 5.74) is 6.96. The molecular formula is C17H26N2O2. The predicted molar refractivity (Wildman–Crippen MR) is 83.9 cm³/mol. The van der Waals surface area contributed by atoms with Crippen molar-refractivity contribution in [2.45, 2.75) is 38.1 Å². The highest BCUT2D eigenvalue weighted by Gasteiger charge is 2.30. The lowest BCUT2D eigenvalue weighted by Gasteiger charge is -2.15. The van der Waals surface area contributed by atoms with Crippen molar-refractivity contribution in [1.29, 1.82) is 0 Å². The Morgan fingerprint density at radius 2 is 2.05 bits per heavy atom. The Bertz CT molecular complexity index is 418. The lowest BCUT2D eigenvalue weighted by Crippen LogP contribution is -2.41. The largest absolute Gasteiger partial charge is 0.381 e. The van der Waals surface area contributed by atoms with Gasteiger partial charge in [0.05, 0.1) is 6.61 Å². The highest BCUT2D eigenvalue weighted by atomic mass is 16.5. The van der Waals surface area contributed by atoms with Crippen molar-refractivity contribution in [3.63, 3.8) is 0 Å². The van der Waals surface area contributed by atoms with Gasteiger partial charge in [0.2, 0.25) is 5.91 Å². The molecule has 1 unspecified atom stereocenters. The molecule has 0 heterocycles. The van der Waals surface area contributed by atoms with Crippen molar-refractivity contribution in [2.75, 3.05) is 19.8 Å². The van der Waals surface area contributed by atoms with E-state index in [1.807, 2.05) is 18.2 Å². The van der Waals surface area contributed by atoms with Gasteiger partial charge in [-0.15, -0.1) is 0 Å². The van der Waals surface area contributed by atoms with Crippen molar-refractivity contribution in [1.82, 2.24) is 5.32 Å². The number of carbonyl (C=O) groups excluding carboxylic acids is 1. The molecule has 0 bridgehead atoms. The first-order valence-corrected chi connectivity index (χ1v) is 7.90.